The van der Waals surface area contributed by atoms with Crippen LogP contribution in [0, 0.1) is 22.7 Å². The highest BCUT2D eigenvalue weighted by Gasteiger charge is 2.10. The summed E-state index contributed by atoms with van der Waals surface area (Å²) in [5, 5.41) is 35.3. The number of rotatable bonds is 2. The van der Waals surface area contributed by atoms with Crippen molar-refractivity contribution in [2.45, 2.75) is 0 Å². The van der Waals surface area contributed by atoms with Gasteiger partial charge in [-0.15, -0.1) is 0 Å². The second kappa shape index (κ2) is 4.63. The van der Waals surface area contributed by atoms with E-state index >= 15 is 0 Å². The summed E-state index contributed by atoms with van der Waals surface area (Å²) in [7, 11) is 0. The Bertz CT molecular complexity index is 548. The molecule has 0 heterocycles. The van der Waals surface area contributed by atoms with Crippen LogP contribution in [0.25, 0.3) is 6.08 Å². The molecule has 0 saturated carbocycles. The summed E-state index contributed by atoms with van der Waals surface area (Å²) >= 11 is 0. The molecular formula is C11H6N2O3. The zero-order valence-electron chi connectivity index (χ0n) is 8.01. The molecule has 78 valence electrons. The Balaban J connectivity index is 3.39. The maximum absolute atomic E-state index is 10.3. The van der Waals surface area contributed by atoms with Gasteiger partial charge in [-0.2, -0.15) is 10.5 Å². The Morgan fingerprint density at radius 3 is 2.38 bits per heavy atom. The van der Waals surface area contributed by atoms with Gasteiger partial charge in [-0.1, -0.05) is 0 Å². The second-order valence-electron chi connectivity index (χ2n) is 2.82. The average Bonchev–Trinajstić information content (AvgIpc) is 2.26. The fourth-order valence-corrected chi connectivity index (χ4v) is 1.14. The lowest BCUT2D eigenvalue weighted by Crippen LogP contribution is -1.91. The molecule has 0 fully saturated rings. The van der Waals surface area contributed by atoms with Crippen molar-refractivity contribution in [3.05, 3.63) is 34.9 Å². The topological polar surface area (TPSA) is 105 Å². The summed E-state index contributed by atoms with van der Waals surface area (Å²) in [4.78, 5) is 10.3. The highest BCUT2D eigenvalue weighted by Crippen LogP contribution is 2.23. The van der Waals surface area contributed by atoms with E-state index in [1.54, 1.807) is 12.1 Å². The van der Waals surface area contributed by atoms with Gasteiger partial charge in [0.15, 0.2) is 0 Å². The number of phenolic OH excluding ortho intramolecular Hbond substituents is 1. The molecule has 0 atom stereocenters. The number of phenols is 1. The lowest BCUT2D eigenvalue weighted by Gasteiger charge is -2.01. The highest BCUT2D eigenvalue weighted by molar-refractivity contribution is 5.86. The molecule has 0 aliphatic carbocycles. The number of nitrogens with zero attached hydrogens (tertiary/aromatic N) is 2. The summed E-state index contributed by atoms with van der Waals surface area (Å²) < 4.78 is 0. The Morgan fingerprint density at radius 1 is 1.25 bits per heavy atom. The van der Waals surface area contributed by atoms with Gasteiger partial charge in [-0.3, -0.25) is 0 Å². The molecule has 16 heavy (non-hydrogen) atoms. The van der Waals surface area contributed by atoms with E-state index in [1.807, 2.05) is 0 Å². The van der Waals surface area contributed by atoms with Crippen molar-refractivity contribution >= 4 is 12.0 Å². The predicted octanol–water partition coefficient (Wildman–Crippen LogP) is 1.23. The minimum Gasteiger partial charge on any atom is -0.507 e. The van der Waals surface area contributed by atoms with E-state index in [1.165, 1.54) is 18.2 Å². The normalized spacial score (nSPS) is 9.62. The molecule has 1 aromatic rings. The number of hydrogen-bond acceptors (Lipinski definition) is 4. The number of benzene rings is 1. The number of carbonyl (C=O) groups is 1. The summed E-state index contributed by atoms with van der Waals surface area (Å²) in [6.07, 6.45) is 2.05. The number of aliphatic carboxylic acids is 1. The van der Waals surface area contributed by atoms with E-state index in [2.05, 4.69) is 0 Å². The van der Waals surface area contributed by atoms with E-state index < -0.39 is 5.97 Å². The van der Waals surface area contributed by atoms with Crippen LogP contribution in [0.4, 0.5) is 0 Å². The van der Waals surface area contributed by atoms with E-state index in [0.717, 1.165) is 6.08 Å². The van der Waals surface area contributed by atoms with Gasteiger partial charge < -0.3 is 10.2 Å². The standard InChI is InChI=1S/C11H6N2O3/c12-5-8-7(2-4-11(15)16)1-3-10(14)9(8)6-13/h1-4,14H,(H,15,16)/b4-2+. The third-order valence-electron chi connectivity index (χ3n) is 1.84. The van der Waals surface area contributed by atoms with Crippen LogP contribution < -0.4 is 0 Å². The first-order valence-electron chi connectivity index (χ1n) is 4.17. The predicted molar refractivity (Wildman–Crippen MR) is 54.2 cm³/mol. The van der Waals surface area contributed by atoms with Crippen LogP contribution in [-0.4, -0.2) is 16.2 Å². The average molecular weight is 214 g/mol. The molecule has 0 bridgehead atoms. The van der Waals surface area contributed by atoms with Gasteiger partial charge in [0.25, 0.3) is 0 Å². The fourth-order valence-electron chi connectivity index (χ4n) is 1.14. The largest absolute Gasteiger partial charge is 0.507 e. The van der Waals surface area contributed by atoms with E-state index in [0.29, 0.717) is 0 Å². The molecule has 1 aromatic carbocycles. The third kappa shape index (κ3) is 2.17. The molecule has 0 amide bonds. The van der Waals surface area contributed by atoms with Crippen LogP contribution in [0.3, 0.4) is 0 Å². The minimum absolute atomic E-state index is 0.0417. The lowest BCUT2D eigenvalue weighted by molar-refractivity contribution is -0.131. The summed E-state index contributed by atoms with van der Waals surface area (Å²) in [5.41, 5.74) is 0.0780. The first-order valence-corrected chi connectivity index (χ1v) is 4.17. The van der Waals surface area contributed by atoms with Crippen molar-refractivity contribution < 1.29 is 15.0 Å². The van der Waals surface area contributed by atoms with Gasteiger partial charge in [-0.05, 0) is 23.8 Å². The Morgan fingerprint density at radius 2 is 1.88 bits per heavy atom. The van der Waals surface area contributed by atoms with Gasteiger partial charge in [0.2, 0.25) is 0 Å². The second-order valence-corrected chi connectivity index (χ2v) is 2.82. The number of nitriles is 2. The van der Waals surface area contributed by atoms with Gasteiger partial charge >= 0.3 is 5.97 Å². The number of hydrogen-bond donors (Lipinski definition) is 2. The Labute approximate surface area is 91.1 Å². The summed E-state index contributed by atoms with van der Waals surface area (Å²) in [6.45, 7) is 0. The first-order chi connectivity index (χ1) is 7.60. The molecule has 0 aromatic heterocycles. The van der Waals surface area contributed by atoms with Crippen LogP contribution in [0.2, 0.25) is 0 Å². The summed E-state index contributed by atoms with van der Waals surface area (Å²) in [5.74, 6) is -1.46. The molecule has 0 unspecified atom stereocenters. The van der Waals surface area contributed by atoms with Gasteiger partial charge in [0.1, 0.15) is 23.5 Å². The molecule has 5 heteroatoms. The van der Waals surface area contributed by atoms with Gasteiger partial charge in [0, 0.05) is 6.08 Å². The molecule has 0 saturated heterocycles. The number of carboxylic acids is 1. The van der Waals surface area contributed by atoms with Crippen molar-refractivity contribution in [3.8, 4) is 17.9 Å². The van der Waals surface area contributed by atoms with E-state index in [4.69, 9.17) is 15.6 Å². The molecule has 1 rings (SSSR count). The maximum atomic E-state index is 10.3. The van der Waals surface area contributed by atoms with Crippen molar-refractivity contribution in [2.24, 2.45) is 0 Å². The van der Waals surface area contributed by atoms with Crippen LogP contribution >= 0.6 is 0 Å². The van der Waals surface area contributed by atoms with Crippen LogP contribution in [0.1, 0.15) is 16.7 Å². The quantitative estimate of drug-likeness (QED) is 0.720. The maximum Gasteiger partial charge on any atom is 0.328 e. The molecule has 0 spiro atoms. The minimum atomic E-state index is -1.16. The monoisotopic (exact) mass is 214 g/mol. The third-order valence-corrected chi connectivity index (χ3v) is 1.84. The van der Waals surface area contributed by atoms with Crippen molar-refractivity contribution in [2.75, 3.05) is 0 Å². The van der Waals surface area contributed by atoms with Crippen LogP contribution in [0.5, 0.6) is 5.75 Å². The SMILES string of the molecule is N#Cc1c(O)ccc(/C=C/C(=O)O)c1C#N. The van der Waals surface area contributed by atoms with Crippen molar-refractivity contribution in [3.63, 3.8) is 0 Å². The Kier molecular flexibility index (Phi) is 3.26. The van der Waals surface area contributed by atoms with Crippen molar-refractivity contribution in [1.82, 2.24) is 0 Å². The van der Waals surface area contributed by atoms with Gasteiger partial charge in [-0.25, -0.2) is 4.79 Å². The first kappa shape index (κ1) is 11.3. The van der Waals surface area contributed by atoms with Gasteiger partial charge in [0.05, 0.1) is 5.56 Å². The van der Waals surface area contributed by atoms with Crippen LogP contribution in [0.15, 0.2) is 18.2 Å². The molecule has 0 radical (unpaired) electrons. The number of aromatic hydroxyl groups is 1. The lowest BCUT2D eigenvalue weighted by atomic mass is 10.0. The molecule has 2 N–H and O–H groups in total. The van der Waals surface area contributed by atoms with Crippen LogP contribution in [-0.2, 0) is 4.79 Å². The van der Waals surface area contributed by atoms with E-state index in [9.17, 15) is 9.90 Å². The zero-order chi connectivity index (χ0) is 12.1. The van der Waals surface area contributed by atoms with Crippen molar-refractivity contribution in [1.29, 1.82) is 10.5 Å². The van der Waals surface area contributed by atoms with E-state index in [-0.39, 0.29) is 22.4 Å². The highest BCUT2D eigenvalue weighted by atomic mass is 16.4. The smallest absolute Gasteiger partial charge is 0.328 e. The summed E-state index contributed by atoms with van der Waals surface area (Å²) in [6, 6.07) is 6.05. The molecule has 5 nitrogen and oxygen atoms in total. The fraction of sp³-hybridized carbons (Fsp3) is 0. The zero-order valence-corrected chi connectivity index (χ0v) is 8.01. The molecular weight excluding hydrogens is 208 g/mol. The number of carboxylic acid groups (broad SMARTS) is 1. The molecule has 0 aliphatic rings. The Hall–Kier alpha value is -2.79. The molecule has 0 aliphatic heterocycles.